The van der Waals surface area contributed by atoms with E-state index in [1.54, 1.807) is 0 Å². The second kappa shape index (κ2) is 46.2. The topological polar surface area (TPSA) is 53.7 Å². The lowest BCUT2D eigenvalue weighted by Crippen LogP contribution is -2.28. The highest BCUT2D eigenvalue weighted by Crippen LogP contribution is 2.16. The summed E-state index contributed by atoms with van der Waals surface area (Å²) < 4.78 is 18.6. The van der Waals surface area contributed by atoms with Crippen LogP contribution in [-0.2, 0) is 13.6 Å². The minimum Gasteiger partial charge on any atom is -0.397 e. The maximum atomic E-state index is 6.34. The van der Waals surface area contributed by atoms with Crippen LogP contribution in [0.3, 0.4) is 0 Å². The van der Waals surface area contributed by atoms with E-state index < -0.39 is 9.28 Å². The highest BCUT2D eigenvalue weighted by atomic mass is 28.3. The largest absolute Gasteiger partial charge is 0.397 e. The Labute approximate surface area is 324 Å². The highest BCUT2D eigenvalue weighted by Gasteiger charge is 2.17. The number of rotatable bonds is 46. The molecule has 0 aliphatic rings. The predicted molar refractivity (Wildman–Crippen MR) is 230 cm³/mol. The van der Waals surface area contributed by atoms with Crippen LogP contribution in [0.15, 0.2) is 0 Å². The van der Waals surface area contributed by atoms with Crippen LogP contribution in [0, 0.1) is 5.92 Å². The Hall–Kier alpha value is 0.0569. The third kappa shape index (κ3) is 44.3. The molecule has 0 aliphatic carbocycles. The summed E-state index contributed by atoms with van der Waals surface area (Å²) in [7, 11) is -1.59. The van der Waals surface area contributed by atoms with Gasteiger partial charge in [0.1, 0.15) is 0 Å². The van der Waals surface area contributed by atoms with Gasteiger partial charge in [-0.2, -0.15) is 0 Å². The molecule has 0 bridgehead atoms. The van der Waals surface area contributed by atoms with Crippen molar-refractivity contribution in [2.45, 2.75) is 258 Å². The summed E-state index contributed by atoms with van der Waals surface area (Å²) in [6, 6.07) is 1.06. The molecule has 0 aromatic heterocycles. The van der Waals surface area contributed by atoms with Gasteiger partial charge in [0, 0.05) is 26.4 Å². The maximum Gasteiger partial charge on any atom is 0.321 e. The molecule has 2 N–H and O–H groups in total. The van der Waals surface area contributed by atoms with Crippen LogP contribution in [0.5, 0.6) is 0 Å². The first kappa shape index (κ1) is 51.1. The zero-order valence-corrected chi connectivity index (χ0v) is 36.8. The summed E-state index contributed by atoms with van der Waals surface area (Å²) >= 11 is 0. The molecule has 2 atom stereocenters. The van der Waals surface area contributed by atoms with E-state index in [-0.39, 0.29) is 0 Å². The Morgan fingerprint density at radius 3 is 0.843 bits per heavy atom. The van der Waals surface area contributed by atoms with Crippen molar-refractivity contribution in [2.75, 3.05) is 33.0 Å². The van der Waals surface area contributed by atoms with Crippen LogP contribution in [0.1, 0.15) is 252 Å². The minimum atomic E-state index is -1.59. The number of unbranched alkanes of at least 4 members (excludes halogenated alkanes) is 33. The SMILES string of the molecule is CCCCCCCCCCCCCCCCO[SiH](CC(C)CN)OCCCCCCCCCCCCCCOCCCCCCCCCCCC. The fourth-order valence-corrected chi connectivity index (χ4v) is 9.28. The van der Waals surface area contributed by atoms with Gasteiger partial charge in [-0.3, -0.25) is 0 Å². The van der Waals surface area contributed by atoms with Crippen molar-refractivity contribution in [3.63, 3.8) is 0 Å². The predicted octanol–water partition coefficient (Wildman–Crippen LogP) is 14.9. The van der Waals surface area contributed by atoms with Crippen molar-refractivity contribution in [3.05, 3.63) is 0 Å². The number of hydrogen-bond donors (Lipinski definition) is 1. The van der Waals surface area contributed by atoms with E-state index in [0.717, 1.165) is 39.0 Å². The molecule has 0 heterocycles. The van der Waals surface area contributed by atoms with Gasteiger partial charge in [0.05, 0.1) is 0 Å². The van der Waals surface area contributed by atoms with Crippen molar-refractivity contribution < 1.29 is 13.6 Å². The van der Waals surface area contributed by atoms with Crippen molar-refractivity contribution in [1.82, 2.24) is 0 Å². The van der Waals surface area contributed by atoms with Crippen molar-refractivity contribution in [1.29, 1.82) is 0 Å². The van der Waals surface area contributed by atoms with Crippen molar-refractivity contribution >= 4 is 9.28 Å². The van der Waals surface area contributed by atoms with E-state index in [2.05, 4.69) is 20.8 Å². The number of ether oxygens (including phenoxy) is 1. The standard InChI is InChI=1S/C46H97NO3Si/c1-4-6-8-10-12-14-16-17-18-22-26-30-34-38-42-49-51(45-46(3)44-47)50-43-39-35-31-27-23-20-19-21-25-29-33-37-41-48-40-36-32-28-24-15-13-11-9-7-5-2/h46,51H,4-45,47H2,1-3H3. The maximum absolute atomic E-state index is 6.34. The van der Waals surface area contributed by atoms with Gasteiger partial charge in [-0.15, -0.1) is 0 Å². The molecule has 51 heavy (non-hydrogen) atoms. The van der Waals surface area contributed by atoms with E-state index in [0.29, 0.717) is 5.92 Å². The fourth-order valence-electron chi connectivity index (χ4n) is 7.20. The van der Waals surface area contributed by atoms with Crippen LogP contribution < -0.4 is 5.73 Å². The molecule has 0 saturated carbocycles. The van der Waals surface area contributed by atoms with Crippen molar-refractivity contribution in [2.24, 2.45) is 11.7 Å². The van der Waals surface area contributed by atoms with Crippen LogP contribution in [-0.4, -0.2) is 42.3 Å². The molecule has 0 saturated heterocycles. The van der Waals surface area contributed by atoms with E-state index in [1.165, 1.54) is 231 Å². The lowest BCUT2D eigenvalue weighted by Gasteiger charge is -2.19. The van der Waals surface area contributed by atoms with Gasteiger partial charge >= 0.3 is 9.28 Å². The quantitative estimate of drug-likeness (QED) is 0.0499. The van der Waals surface area contributed by atoms with Crippen LogP contribution in [0.4, 0.5) is 0 Å². The molecule has 0 aromatic carbocycles. The van der Waals surface area contributed by atoms with Gasteiger partial charge in [-0.05, 0) is 44.2 Å². The lowest BCUT2D eigenvalue weighted by molar-refractivity contribution is 0.125. The second-order valence-corrected chi connectivity index (χ2v) is 18.4. The summed E-state index contributed by atoms with van der Waals surface area (Å²) in [5, 5.41) is 0. The molecular formula is C46H97NO3Si. The fraction of sp³-hybridized carbons (Fsp3) is 1.00. The molecule has 2 unspecified atom stereocenters. The summed E-state index contributed by atoms with van der Waals surface area (Å²) in [5.41, 5.74) is 5.94. The Bertz CT molecular complexity index is 609. The smallest absolute Gasteiger partial charge is 0.321 e. The first-order chi connectivity index (χ1) is 25.2. The molecule has 0 spiro atoms. The van der Waals surface area contributed by atoms with Crippen molar-refractivity contribution in [3.8, 4) is 0 Å². The molecule has 0 aromatic rings. The molecule has 0 aliphatic heterocycles. The molecule has 0 fully saturated rings. The summed E-state index contributed by atoms with van der Waals surface area (Å²) in [5.74, 6) is 0.510. The van der Waals surface area contributed by atoms with Crippen LogP contribution in [0.25, 0.3) is 0 Å². The molecule has 0 amide bonds. The highest BCUT2D eigenvalue weighted by molar-refractivity contribution is 6.44. The molecule has 5 heteroatoms. The van der Waals surface area contributed by atoms with Crippen LogP contribution in [0.2, 0.25) is 6.04 Å². The Balaban J connectivity index is 3.45. The normalized spacial score (nSPS) is 12.9. The van der Waals surface area contributed by atoms with Gasteiger partial charge in [0.25, 0.3) is 0 Å². The van der Waals surface area contributed by atoms with Gasteiger partial charge < -0.3 is 19.3 Å². The minimum absolute atomic E-state index is 0.510. The third-order valence-electron chi connectivity index (χ3n) is 10.9. The number of hydrogen-bond acceptors (Lipinski definition) is 4. The van der Waals surface area contributed by atoms with E-state index in [1.807, 2.05) is 0 Å². The van der Waals surface area contributed by atoms with Gasteiger partial charge in [0.2, 0.25) is 0 Å². The molecular weight excluding hydrogens is 643 g/mol. The Morgan fingerprint density at radius 2 is 0.588 bits per heavy atom. The second-order valence-electron chi connectivity index (χ2n) is 16.4. The average Bonchev–Trinajstić information content (AvgIpc) is 3.14. The van der Waals surface area contributed by atoms with Gasteiger partial charge in [-0.1, -0.05) is 226 Å². The Kier molecular flexibility index (Phi) is 46.3. The average molecular weight is 740 g/mol. The van der Waals surface area contributed by atoms with E-state index in [9.17, 15) is 0 Å². The molecule has 0 radical (unpaired) electrons. The molecule has 308 valence electrons. The first-order valence-electron chi connectivity index (χ1n) is 23.8. The van der Waals surface area contributed by atoms with E-state index in [4.69, 9.17) is 19.3 Å². The zero-order valence-electron chi connectivity index (χ0n) is 35.7. The van der Waals surface area contributed by atoms with Gasteiger partial charge in [-0.25, -0.2) is 0 Å². The van der Waals surface area contributed by atoms with Gasteiger partial charge in [0.15, 0.2) is 0 Å². The summed E-state index contributed by atoms with van der Waals surface area (Å²) in [6.07, 6.45) is 49.8. The monoisotopic (exact) mass is 740 g/mol. The number of nitrogens with two attached hydrogens (primary N) is 1. The van der Waals surface area contributed by atoms with E-state index >= 15 is 0 Å². The molecule has 0 rings (SSSR count). The Morgan fingerprint density at radius 1 is 0.353 bits per heavy atom. The molecule has 4 nitrogen and oxygen atoms in total. The first-order valence-corrected chi connectivity index (χ1v) is 25.5. The summed E-state index contributed by atoms with van der Waals surface area (Å²) in [6.45, 7) is 11.3. The zero-order chi connectivity index (χ0) is 37.0. The lowest BCUT2D eigenvalue weighted by atomic mass is 10.0. The van der Waals surface area contributed by atoms with Crippen LogP contribution >= 0.6 is 0 Å². The third-order valence-corrected chi connectivity index (χ3v) is 13.3. The summed E-state index contributed by atoms with van der Waals surface area (Å²) in [4.78, 5) is 0.